The number of halogens is 1. The van der Waals surface area contributed by atoms with Crippen LogP contribution in [-0.4, -0.2) is 32.4 Å². The SMILES string of the molecule is CCNC(=O)Cn1nc(-c2noc(-c3cccc(Cl)c3)n2)ccc1=O. The Morgan fingerprint density at radius 1 is 1.32 bits per heavy atom. The Morgan fingerprint density at radius 3 is 2.92 bits per heavy atom. The Kier molecular flexibility index (Phi) is 4.90. The molecule has 0 radical (unpaired) electrons. The molecule has 1 aromatic carbocycles. The van der Waals surface area contributed by atoms with E-state index in [0.717, 1.165) is 4.68 Å². The predicted octanol–water partition coefficient (Wildman–Crippen LogP) is 1.75. The van der Waals surface area contributed by atoms with E-state index in [1.54, 1.807) is 31.2 Å². The first-order chi connectivity index (χ1) is 12.1. The van der Waals surface area contributed by atoms with Crippen molar-refractivity contribution in [3.05, 3.63) is 51.8 Å². The van der Waals surface area contributed by atoms with Crippen LogP contribution in [0.5, 0.6) is 0 Å². The Balaban J connectivity index is 1.90. The molecule has 0 aliphatic rings. The molecule has 2 heterocycles. The molecular weight excluding hydrogens is 346 g/mol. The van der Waals surface area contributed by atoms with Gasteiger partial charge in [-0.05, 0) is 31.2 Å². The summed E-state index contributed by atoms with van der Waals surface area (Å²) in [5, 5.41) is 11.2. The standard InChI is InChI=1S/C16H14ClN5O3/c1-2-18-13(23)9-22-14(24)7-6-12(20-22)15-19-16(25-21-15)10-4-3-5-11(17)8-10/h3-8H,2,9H2,1H3,(H,18,23). The van der Waals surface area contributed by atoms with Gasteiger partial charge in [-0.15, -0.1) is 0 Å². The topological polar surface area (TPSA) is 103 Å². The average Bonchev–Trinajstić information content (AvgIpc) is 3.07. The molecule has 9 heteroatoms. The first-order valence-electron chi connectivity index (χ1n) is 7.51. The molecule has 3 rings (SSSR count). The van der Waals surface area contributed by atoms with Crippen molar-refractivity contribution in [2.24, 2.45) is 0 Å². The summed E-state index contributed by atoms with van der Waals surface area (Å²) in [5.74, 6) is 0.183. The van der Waals surface area contributed by atoms with Crippen molar-refractivity contribution >= 4 is 17.5 Å². The highest BCUT2D eigenvalue weighted by molar-refractivity contribution is 6.30. The maximum Gasteiger partial charge on any atom is 0.267 e. The number of nitrogens with one attached hydrogen (secondary N) is 1. The Bertz CT molecular complexity index is 966. The van der Waals surface area contributed by atoms with E-state index in [-0.39, 0.29) is 24.2 Å². The van der Waals surface area contributed by atoms with Gasteiger partial charge in [-0.1, -0.05) is 22.8 Å². The molecule has 0 saturated heterocycles. The second kappa shape index (κ2) is 7.27. The van der Waals surface area contributed by atoms with Gasteiger partial charge in [0.2, 0.25) is 11.7 Å². The van der Waals surface area contributed by atoms with E-state index in [4.69, 9.17) is 16.1 Å². The fourth-order valence-corrected chi connectivity index (χ4v) is 2.33. The third-order valence-electron chi connectivity index (χ3n) is 3.26. The van der Waals surface area contributed by atoms with Crippen molar-refractivity contribution in [1.29, 1.82) is 0 Å². The molecule has 0 aliphatic heterocycles. The van der Waals surface area contributed by atoms with Gasteiger partial charge in [0.15, 0.2) is 0 Å². The molecule has 0 saturated carbocycles. The summed E-state index contributed by atoms with van der Waals surface area (Å²) in [6.45, 7) is 2.09. The van der Waals surface area contributed by atoms with Crippen LogP contribution < -0.4 is 10.9 Å². The minimum atomic E-state index is -0.395. The summed E-state index contributed by atoms with van der Waals surface area (Å²) in [6, 6.07) is 9.77. The monoisotopic (exact) mass is 359 g/mol. The molecule has 128 valence electrons. The highest BCUT2D eigenvalue weighted by Crippen LogP contribution is 2.23. The maximum absolute atomic E-state index is 11.8. The van der Waals surface area contributed by atoms with Crippen molar-refractivity contribution in [1.82, 2.24) is 25.2 Å². The number of rotatable bonds is 5. The Hall–Kier alpha value is -3.00. The summed E-state index contributed by atoms with van der Waals surface area (Å²) in [4.78, 5) is 27.8. The van der Waals surface area contributed by atoms with Gasteiger partial charge >= 0.3 is 0 Å². The molecule has 0 spiro atoms. The van der Waals surface area contributed by atoms with E-state index in [1.807, 2.05) is 0 Å². The molecule has 0 fully saturated rings. The van der Waals surface area contributed by atoms with Gasteiger partial charge in [0, 0.05) is 23.2 Å². The quantitative estimate of drug-likeness (QED) is 0.744. The van der Waals surface area contributed by atoms with Crippen LogP contribution in [0.15, 0.2) is 45.7 Å². The predicted molar refractivity (Wildman–Crippen MR) is 90.9 cm³/mol. The van der Waals surface area contributed by atoms with E-state index < -0.39 is 5.56 Å². The van der Waals surface area contributed by atoms with Gasteiger partial charge in [-0.3, -0.25) is 9.59 Å². The number of benzene rings is 1. The van der Waals surface area contributed by atoms with Gasteiger partial charge in [0.25, 0.3) is 11.4 Å². The third kappa shape index (κ3) is 3.92. The molecule has 2 aromatic heterocycles. The zero-order chi connectivity index (χ0) is 17.8. The number of aromatic nitrogens is 4. The second-order valence-corrected chi connectivity index (χ2v) is 5.54. The highest BCUT2D eigenvalue weighted by Gasteiger charge is 2.14. The molecule has 0 atom stereocenters. The van der Waals surface area contributed by atoms with Crippen LogP contribution in [0.2, 0.25) is 5.02 Å². The van der Waals surface area contributed by atoms with Crippen molar-refractivity contribution in [3.8, 4) is 23.0 Å². The summed E-state index contributed by atoms with van der Waals surface area (Å²) in [6.07, 6.45) is 0. The van der Waals surface area contributed by atoms with Gasteiger partial charge in [0.1, 0.15) is 12.2 Å². The molecule has 25 heavy (non-hydrogen) atoms. The number of likely N-dealkylation sites (N-methyl/N-ethyl adjacent to an activating group) is 1. The molecular formula is C16H14ClN5O3. The number of nitrogens with zero attached hydrogens (tertiary/aromatic N) is 4. The molecule has 8 nitrogen and oxygen atoms in total. The van der Waals surface area contributed by atoms with Crippen LogP contribution in [0, 0.1) is 0 Å². The Labute approximate surface area is 147 Å². The fraction of sp³-hybridized carbons (Fsp3) is 0.188. The number of hydrogen-bond donors (Lipinski definition) is 1. The smallest absolute Gasteiger partial charge is 0.267 e. The lowest BCUT2D eigenvalue weighted by molar-refractivity contribution is -0.121. The van der Waals surface area contributed by atoms with E-state index in [1.165, 1.54) is 12.1 Å². The van der Waals surface area contributed by atoms with E-state index in [0.29, 0.717) is 22.8 Å². The molecule has 0 bridgehead atoms. The minimum Gasteiger partial charge on any atom is -0.355 e. The van der Waals surface area contributed by atoms with Gasteiger partial charge in [0.05, 0.1) is 0 Å². The Morgan fingerprint density at radius 2 is 2.16 bits per heavy atom. The van der Waals surface area contributed by atoms with Crippen LogP contribution >= 0.6 is 11.6 Å². The zero-order valence-electron chi connectivity index (χ0n) is 13.3. The number of amides is 1. The van der Waals surface area contributed by atoms with Crippen LogP contribution in [0.25, 0.3) is 23.0 Å². The molecule has 3 aromatic rings. The zero-order valence-corrected chi connectivity index (χ0v) is 14.0. The lowest BCUT2D eigenvalue weighted by Gasteiger charge is -2.05. The van der Waals surface area contributed by atoms with Crippen molar-refractivity contribution in [2.45, 2.75) is 13.5 Å². The molecule has 0 aliphatic carbocycles. The van der Waals surface area contributed by atoms with Crippen molar-refractivity contribution in [2.75, 3.05) is 6.54 Å². The molecule has 1 amide bonds. The largest absolute Gasteiger partial charge is 0.355 e. The van der Waals surface area contributed by atoms with Gasteiger partial charge in [-0.25, -0.2) is 4.68 Å². The lowest BCUT2D eigenvalue weighted by atomic mass is 10.2. The minimum absolute atomic E-state index is 0.181. The number of carbonyl (C=O) groups is 1. The summed E-state index contributed by atoms with van der Waals surface area (Å²) < 4.78 is 6.27. The first-order valence-corrected chi connectivity index (χ1v) is 7.89. The normalized spacial score (nSPS) is 10.6. The average molecular weight is 360 g/mol. The summed E-state index contributed by atoms with van der Waals surface area (Å²) in [7, 11) is 0. The number of carbonyl (C=O) groups excluding carboxylic acids is 1. The summed E-state index contributed by atoms with van der Waals surface area (Å²) in [5.41, 5.74) is 0.594. The van der Waals surface area contributed by atoms with Crippen LogP contribution in [-0.2, 0) is 11.3 Å². The maximum atomic E-state index is 11.8. The third-order valence-corrected chi connectivity index (χ3v) is 3.50. The van der Waals surface area contributed by atoms with E-state index in [2.05, 4.69) is 20.6 Å². The highest BCUT2D eigenvalue weighted by atomic mass is 35.5. The summed E-state index contributed by atoms with van der Waals surface area (Å²) >= 11 is 5.95. The van der Waals surface area contributed by atoms with Crippen LogP contribution in [0.4, 0.5) is 0 Å². The molecule has 0 unspecified atom stereocenters. The van der Waals surface area contributed by atoms with Crippen molar-refractivity contribution < 1.29 is 9.32 Å². The number of hydrogen-bond acceptors (Lipinski definition) is 6. The fourth-order valence-electron chi connectivity index (χ4n) is 2.14. The first kappa shape index (κ1) is 16.8. The van der Waals surface area contributed by atoms with E-state index in [9.17, 15) is 9.59 Å². The van der Waals surface area contributed by atoms with E-state index >= 15 is 0 Å². The van der Waals surface area contributed by atoms with Crippen molar-refractivity contribution in [3.63, 3.8) is 0 Å². The molecule has 1 N–H and O–H groups in total. The van der Waals surface area contributed by atoms with Gasteiger partial charge in [-0.2, -0.15) is 10.1 Å². The lowest BCUT2D eigenvalue weighted by Crippen LogP contribution is -2.33. The van der Waals surface area contributed by atoms with Crippen LogP contribution in [0.1, 0.15) is 6.92 Å². The second-order valence-electron chi connectivity index (χ2n) is 5.10. The van der Waals surface area contributed by atoms with Crippen LogP contribution in [0.3, 0.4) is 0 Å². The van der Waals surface area contributed by atoms with Gasteiger partial charge < -0.3 is 9.84 Å².